The Bertz CT molecular complexity index is 1160. The number of hydrogen-bond donors (Lipinski definition) is 2. The van der Waals surface area contributed by atoms with E-state index in [1.54, 1.807) is 19.1 Å². The normalized spacial score (nSPS) is 15.9. The fraction of sp³-hybridized carbons (Fsp3) is 0.375. The lowest BCUT2D eigenvalue weighted by molar-refractivity contribution is 0.0997. The average molecular weight is 427 g/mol. The Morgan fingerprint density at radius 3 is 2.48 bits per heavy atom. The average Bonchev–Trinajstić information content (AvgIpc) is 2.73. The van der Waals surface area contributed by atoms with Crippen molar-refractivity contribution >= 4 is 16.8 Å². The Labute approximate surface area is 179 Å². The van der Waals surface area contributed by atoms with Gasteiger partial charge < -0.3 is 10.7 Å². The lowest BCUT2D eigenvalue weighted by atomic mass is 9.71. The first-order valence-electron chi connectivity index (χ1n) is 10.3. The molecule has 0 bridgehead atoms. The molecular formula is C24H27F2N3O2. The van der Waals surface area contributed by atoms with Gasteiger partial charge in [0.25, 0.3) is 5.91 Å². The molecule has 1 amide bonds. The number of carbonyl (C=O) groups is 1. The van der Waals surface area contributed by atoms with Crippen molar-refractivity contribution in [2.24, 2.45) is 11.1 Å². The number of hydrogen-bond acceptors (Lipinski definition) is 3. The first-order chi connectivity index (χ1) is 14.6. The lowest BCUT2D eigenvalue weighted by Crippen LogP contribution is -2.20. The van der Waals surface area contributed by atoms with Crippen molar-refractivity contribution in [1.29, 1.82) is 0 Å². The number of nitrogens with two attached hydrogens (primary N) is 1. The van der Waals surface area contributed by atoms with E-state index in [0.717, 1.165) is 31.2 Å². The monoisotopic (exact) mass is 427 g/mol. The van der Waals surface area contributed by atoms with E-state index in [1.807, 2.05) is 0 Å². The second-order valence-corrected chi connectivity index (χ2v) is 8.80. The molecule has 0 unspecified atom stereocenters. The van der Waals surface area contributed by atoms with E-state index < -0.39 is 17.5 Å². The van der Waals surface area contributed by atoms with Gasteiger partial charge in [0.1, 0.15) is 5.69 Å². The molecule has 0 atom stereocenters. The summed E-state index contributed by atoms with van der Waals surface area (Å²) in [6.07, 6.45) is 7.43. The van der Waals surface area contributed by atoms with Gasteiger partial charge >= 0.3 is 0 Å². The van der Waals surface area contributed by atoms with E-state index in [0.29, 0.717) is 22.4 Å². The molecule has 0 saturated heterocycles. The molecular weight excluding hydrogens is 400 g/mol. The number of rotatable bonds is 2. The van der Waals surface area contributed by atoms with E-state index in [4.69, 9.17) is 5.73 Å². The third kappa shape index (κ3) is 4.98. The van der Waals surface area contributed by atoms with Crippen LogP contribution in [0.5, 0.6) is 0 Å². The Kier molecular flexibility index (Phi) is 6.53. The van der Waals surface area contributed by atoms with Crippen LogP contribution in [0.3, 0.4) is 0 Å². The quantitative estimate of drug-likeness (QED) is 0.605. The van der Waals surface area contributed by atoms with Crippen LogP contribution >= 0.6 is 0 Å². The van der Waals surface area contributed by atoms with Gasteiger partial charge in [-0.25, -0.2) is 8.78 Å². The third-order valence-corrected chi connectivity index (χ3v) is 6.06. The van der Waals surface area contributed by atoms with Crippen LogP contribution in [0.25, 0.3) is 10.9 Å². The summed E-state index contributed by atoms with van der Waals surface area (Å²) >= 11 is 0. The highest BCUT2D eigenvalue weighted by atomic mass is 19.2. The van der Waals surface area contributed by atoms with Gasteiger partial charge in [-0.3, -0.25) is 14.6 Å². The van der Waals surface area contributed by atoms with Gasteiger partial charge in [-0.2, -0.15) is 0 Å². The van der Waals surface area contributed by atoms with Crippen LogP contribution < -0.4 is 11.2 Å². The van der Waals surface area contributed by atoms with Crippen LogP contribution in [0.2, 0.25) is 0 Å². The van der Waals surface area contributed by atoms with E-state index in [-0.39, 0.29) is 16.5 Å². The number of primary amides is 1. The molecule has 2 aromatic heterocycles. The zero-order chi connectivity index (χ0) is 22.8. The molecule has 3 aromatic rings. The molecule has 5 nitrogen and oxygen atoms in total. The number of fused-ring (bicyclic) bond motifs is 1. The molecule has 7 heteroatoms. The molecule has 1 aromatic carbocycles. The van der Waals surface area contributed by atoms with Crippen molar-refractivity contribution < 1.29 is 13.6 Å². The number of pyridine rings is 2. The number of aromatic nitrogens is 2. The minimum absolute atomic E-state index is 0.00403. The van der Waals surface area contributed by atoms with Crippen LogP contribution in [0.15, 0.2) is 41.5 Å². The summed E-state index contributed by atoms with van der Waals surface area (Å²) in [6, 6.07) is 5.97. The SMILES string of the molecule is Cc1c(C2CCC(C)(C)CC2)ccc(F)c1F.NC(=O)c1nccc2[nH]ccc(=O)c12. The first-order valence-corrected chi connectivity index (χ1v) is 10.3. The van der Waals surface area contributed by atoms with Crippen molar-refractivity contribution in [3.05, 3.63) is 75.3 Å². The van der Waals surface area contributed by atoms with Crippen molar-refractivity contribution in [1.82, 2.24) is 9.97 Å². The van der Waals surface area contributed by atoms with Crippen molar-refractivity contribution in [3.8, 4) is 0 Å². The lowest BCUT2D eigenvalue weighted by Gasteiger charge is -2.35. The fourth-order valence-corrected chi connectivity index (χ4v) is 4.13. The van der Waals surface area contributed by atoms with Crippen LogP contribution in [0.1, 0.15) is 67.1 Å². The van der Waals surface area contributed by atoms with Gasteiger partial charge in [-0.1, -0.05) is 19.9 Å². The van der Waals surface area contributed by atoms with Crippen molar-refractivity contribution in [2.75, 3.05) is 0 Å². The maximum Gasteiger partial charge on any atom is 0.268 e. The van der Waals surface area contributed by atoms with Crippen molar-refractivity contribution in [3.63, 3.8) is 0 Å². The molecule has 0 radical (unpaired) electrons. The van der Waals surface area contributed by atoms with Gasteiger partial charge in [-0.05, 0) is 67.2 Å². The van der Waals surface area contributed by atoms with Gasteiger partial charge in [0.05, 0.1) is 10.9 Å². The number of amides is 1. The molecule has 1 aliphatic carbocycles. The Morgan fingerprint density at radius 1 is 1.16 bits per heavy atom. The zero-order valence-electron chi connectivity index (χ0n) is 18.0. The summed E-state index contributed by atoms with van der Waals surface area (Å²) < 4.78 is 26.6. The summed E-state index contributed by atoms with van der Waals surface area (Å²) in [6.45, 7) is 6.25. The van der Waals surface area contributed by atoms with E-state index in [2.05, 4.69) is 23.8 Å². The first kappa shape index (κ1) is 22.6. The van der Waals surface area contributed by atoms with E-state index in [1.165, 1.54) is 24.5 Å². The number of benzene rings is 1. The van der Waals surface area contributed by atoms with Crippen LogP contribution in [-0.4, -0.2) is 15.9 Å². The molecule has 1 aliphatic rings. The molecule has 3 N–H and O–H groups in total. The van der Waals surface area contributed by atoms with Gasteiger partial charge in [0.15, 0.2) is 17.1 Å². The second-order valence-electron chi connectivity index (χ2n) is 8.80. The maximum absolute atomic E-state index is 13.5. The highest BCUT2D eigenvalue weighted by molar-refractivity contribution is 6.03. The van der Waals surface area contributed by atoms with Crippen molar-refractivity contribution in [2.45, 2.75) is 52.4 Å². The summed E-state index contributed by atoms with van der Waals surface area (Å²) in [5.41, 5.74) is 7.29. The van der Waals surface area contributed by atoms with Crippen LogP contribution in [0.4, 0.5) is 8.78 Å². The topological polar surface area (TPSA) is 88.8 Å². The molecule has 164 valence electrons. The molecule has 31 heavy (non-hydrogen) atoms. The standard InChI is InChI=1S/C15H20F2.C9H7N3O2/c1-10-12(4-5-13(16)14(10)17)11-6-8-15(2,3)9-7-11;10-9(14)8-7-5(1-3-12-8)11-4-2-6(7)13/h4-5,11H,6-9H2,1-3H3;1-4H,(H2,10,14)(H,11,13). The zero-order valence-corrected chi connectivity index (χ0v) is 18.0. The molecule has 1 saturated carbocycles. The summed E-state index contributed by atoms with van der Waals surface area (Å²) in [5.74, 6) is -1.71. The largest absolute Gasteiger partial charge is 0.364 e. The summed E-state index contributed by atoms with van der Waals surface area (Å²) in [5, 5.41) is 0.238. The number of H-pyrrole nitrogens is 1. The van der Waals surface area contributed by atoms with Gasteiger partial charge in [0, 0.05) is 18.5 Å². The highest BCUT2D eigenvalue weighted by Crippen LogP contribution is 2.43. The number of nitrogens with zero attached hydrogens (tertiary/aromatic N) is 1. The molecule has 0 spiro atoms. The molecule has 2 heterocycles. The molecule has 4 rings (SSSR count). The second kappa shape index (κ2) is 8.96. The Morgan fingerprint density at radius 2 is 1.84 bits per heavy atom. The molecule has 0 aliphatic heterocycles. The smallest absolute Gasteiger partial charge is 0.268 e. The maximum atomic E-state index is 13.5. The molecule has 1 fully saturated rings. The van der Waals surface area contributed by atoms with Gasteiger partial charge in [0.2, 0.25) is 0 Å². The highest BCUT2D eigenvalue weighted by Gasteiger charge is 2.29. The minimum Gasteiger partial charge on any atom is -0.364 e. The minimum atomic E-state index is -0.734. The fourth-order valence-electron chi connectivity index (χ4n) is 4.13. The number of aromatic amines is 1. The summed E-state index contributed by atoms with van der Waals surface area (Å²) in [7, 11) is 0. The third-order valence-electron chi connectivity index (χ3n) is 6.06. The van der Waals surface area contributed by atoms with Gasteiger partial charge in [-0.15, -0.1) is 0 Å². The van der Waals surface area contributed by atoms with E-state index >= 15 is 0 Å². The van der Waals surface area contributed by atoms with Crippen LogP contribution in [0, 0.1) is 24.0 Å². The predicted molar refractivity (Wildman–Crippen MR) is 117 cm³/mol. The summed E-state index contributed by atoms with van der Waals surface area (Å²) in [4.78, 5) is 29.0. The Hall–Kier alpha value is -3.09. The van der Waals surface area contributed by atoms with Crippen LogP contribution in [-0.2, 0) is 0 Å². The number of halogens is 2. The predicted octanol–water partition coefficient (Wildman–Crippen LogP) is 4.98. The Balaban J connectivity index is 0.000000179. The number of nitrogens with one attached hydrogen (secondary N) is 1. The number of carbonyl (C=O) groups excluding carboxylic acids is 1. The van der Waals surface area contributed by atoms with E-state index in [9.17, 15) is 18.4 Å².